The van der Waals surface area contributed by atoms with Crippen molar-refractivity contribution in [3.63, 3.8) is 0 Å². The average molecular weight is 249 g/mol. The predicted octanol–water partition coefficient (Wildman–Crippen LogP) is 2.44. The molecule has 0 bridgehead atoms. The van der Waals surface area contributed by atoms with Gasteiger partial charge in [0.15, 0.2) is 0 Å². The summed E-state index contributed by atoms with van der Waals surface area (Å²) in [7, 11) is 2.13. The molecule has 0 N–H and O–H groups in total. The van der Waals surface area contributed by atoms with E-state index in [0.29, 0.717) is 11.2 Å². The van der Waals surface area contributed by atoms with E-state index in [4.69, 9.17) is 11.6 Å². The average Bonchev–Trinajstić information content (AvgIpc) is 2.77. The Bertz CT molecular complexity index is 557. The van der Waals surface area contributed by atoms with E-state index >= 15 is 0 Å². The highest BCUT2D eigenvalue weighted by molar-refractivity contribution is 6.34. The van der Waals surface area contributed by atoms with Gasteiger partial charge < -0.3 is 0 Å². The normalized spacial score (nSPS) is 21.2. The molecule has 88 valence electrons. The molecule has 1 aliphatic heterocycles. The first-order valence-corrected chi connectivity index (χ1v) is 6.11. The Balaban J connectivity index is 2.20. The highest BCUT2D eigenvalue weighted by Gasteiger charge is 2.25. The maximum Gasteiger partial charge on any atom is 0.138 e. The molecular weight excluding hydrogens is 236 g/mol. The van der Waals surface area contributed by atoms with E-state index in [-0.39, 0.29) is 0 Å². The smallest absolute Gasteiger partial charge is 0.138 e. The van der Waals surface area contributed by atoms with Gasteiger partial charge in [0.2, 0.25) is 0 Å². The number of halogens is 1. The molecule has 1 saturated heterocycles. The summed E-state index contributed by atoms with van der Waals surface area (Å²) in [6, 6.07) is 2.26. The summed E-state index contributed by atoms with van der Waals surface area (Å²) in [5.41, 5.74) is 2.02. The van der Waals surface area contributed by atoms with Crippen LogP contribution in [0.2, 0.25) is 5.15 Å². The predicted molar refractivity (Wildman–Crippen MR) is 66.9 cm³/mol. The third kappa shape index (κ3) is 1.77. The number of aromatic nitrogens is 3. The quantitative estimate of drug-likeness (QED) is 0.727. The Morgan fingerprint density at radius 2 is 2.35 bits per heavy atom. The number of pyridine rings is 1. The van der Waals surface area contributed by atoms with Crippen molar-refractivity contribution < 1.29 is 0 Å². The molecule has 3 heterocycles. The van der Waals surface area contributed by atoms with Crippen LogP contribution in [0.15, 0.2) is 18.5 Å². The Kier molecular flexibility index (Phi) is 2.68. The monoisotopic (exact) mass is 248 g/mol. The fourth-order valence-electron chi connectivity index (χ4n) is 2.52. The van der Waals surface area contributed by atoms with Crippen LogP contribution in [0.4, 0.5) is 0 Å². The summed E-state index contributed by atoms with van der Waals surface area (Å²) in [6.07, 6.45) is 5.85. The van der Waals surface area contributed by atoms with Gasteiger partial charge in [-0.15, -0.1) is 0 Å². The lowest BCUT2D eigenvalue weighted by Crippen LogP contribution is -2.18. The van der Waals surface area contributed by atoms with E-state index in [2.05, 4.69) is 27.1 Å². The van der Waals surface area contributed by atoms with Crippen molar-refractivity contribution in [3.05, 3.63) is 29.2 Å². The van der Waals surface area contributed by atoms with Gasteiger partial charge in [0.1, 0.15) is 10.7 Å². The third-order valence-corrected chi connectivity index (χ3v) is 3.71. The van der Waals surface area contributed by atoms with Crippen LogP contribution in [0.1, 0.15) is 24.4 Å². The van der Waals surface area contributed by atoms with E-state index < -0.39 is 0 Å². The summed E-state index contributed by atoms with van der Waals surface area (Å²) < 4.78 is 0. The molecule has 1 aliphatic rings. The lowest BCUT2D eigenvalue weighted by molar-refractivity contribution is 0.318. The fourth-order valence-corrected chi connectivity index (χ4v) is 2.72. The van der Waals surface area contributed by atoms with Crippen LogP contribution in [-0.4, -0.2) is 33.7 Å². The molecule has 1 atom stereocenters. The number of rotatable bonds is 1. The van der Waals surface area contributed by atoms with E-state index in [0.717, 1.165) is 29.4 Å². The van der Waals surface area contributed by atoms with Crippen LogP contribution >= 0.6 is 11.6 Å². The maximum absolute atomic E-state index is 6.08. The van der Waals surface area contributed by atoms with Gasteiger partial charge in [-0.05, 0) is 32.5 Å². The molecular formula is C12H13ClN4. The Hall–Kier alpha value is -1.26. The van der Waals surface area contributed by atoms with Gasteiger partial charge in [-0.1, -0.05) is 11.6 Å². The lowest BCUT2D eigenvalue weighted by atomic mass is 10.0. The molecule has 4 nitrogen and oxygen atoms in total. The van der Waals surface area contributed by atoms with Crippen LogP contribution in [-0.2, 0) is 0 Å². The summed E-state index contributed by atoms with van der Waals surface area (Å²) in [4.78, 5) is 6.59. The zero-order chi connectivity index (χ0) is 11.8. The van der Waals surface area contributed by atoms with Gasteiger partial charge in [0.05, 0.1) is 6.20 Å². The molecule has 2 aromatic heterocycles. The molecule has 0 unspecified atom stereocenters. The lowest BCUT2D eigenvalue weighted by Gasteiger charge is -2.20. The third-order valence-electron chi connectivity index (χ3n) is 3.41. The van der Waals surface area contributed by atoms with Crippen molar-refractivity contribution >= 4 is 22.5 Å². The molecule has 2 aromatic rings. The van der Waals surface area contributed by atoms with Crippen molar-refractivity contribution in [3.8, 4) is 0 Å². The standard InChI is InChI=1S/C12H13ClN4/c1-17-6-2-3-10(17)9-7-14-12(13)8-4-5-15-16-11(8)9/h4-5,7,10H,2-3,6H2,1H3/t10-/m0/s1. The van der Waals surface area contributed by atoms with E-state index in [9.17, 15) is 0 Å². The molecule has 1 fully saturated rings. The van der Waals surface area contributed by atoms with Gasteiger partial charge in [0.25, 0.3) is 0 Å². The molecule has 0 spiro atoms. The molecule has 3 rings (SSSR count). The van der Waals surface area contributed by atoms with E-state index in [1.54, 1.807) is 6.20 Å². The number of likely N-dealkylation sites (tertiary alicyclic amines) is 1. The van der Waals surface area contributed by atoms with Crippen LogP contribution in [0.25, 0.3) is 10.9 Å². The highest BCUT2D eigenvalue weighted by atomic mass is 35.5. The first kappa shape index (κ1) is 10.9. The van der Waals surface area contributed by atoms with Gasteiger partial charge in [-0.3, -0.25) is 4.90 Å². The molecule has 0 radical (unpaired) electrons. The molecule has 0 aromatic carbocycles. The summed E-state index contributed by atoms with van der Waals surface area (Å²) in [6.45, 7) is 1.12. The second kappa shape index (κ2) is 4.20. The molecule has 5 heteroatoms. The van der Waals surface area contributed by atoms with Crippen LogP contribution in [0, 0.1) is 0 Å². The second-order valence-corrected chi connectivity index (χ2v) is 4.79. The van der Waals surface area contributed by atoms with Crippen molar-refractivity contribution in [1.82, 2.24) is 20.1 Å². The molecule has 17 heavy (non-hydrogen) atoms. The topological polar surface area (TPSA) is 41.9 Å². The van der Waals surface area contributed by atoms with Crippen molar-refractivity contribution in [2.75, 3.05) is 13.6 Å². The summed E-state index contributed by atoms with van der Waals surface area (Å²) in [5, 5.41) is 9.56. The van der Waals surface area contributed by atoms with Crippen molar-refractivity contribution in [2.45, 2.75) is 18.9 Å². The largest absolute Gasteiger partial charge is 0.299 e. The summed E-state index contributed by atoms with van der Waals surface area (Å²) in [5.74, 6) is 0. The SMILES string of the molecule is CN1CCC[C@H]1c1cnc(Cl)c2ccnnc12. The zero-order valence-corrected chi connectivity index (χ0v) is 10.4. The van der Waals surface area contributed by atoms with Crippen molar-refractivity contribution in [1.29, 1.82) is 0 Å². The first-order valence-electron chi connectivity index (χ1n) is 5.73. The van der Waals surface area contributed by atoms with Gasteiger partial charge in [0, 0.05) is 23.2 Å². The number of nitrogens with zero attached hydrogens (tertiary/aromatic N) is 4. The van der Waals surface area contributed by atoms with Gasteiger partial charge >= 0.3 is 0 Å². The first-order chi connectivity index (χ1) is 8.27. The summed E-state index contributed by atoms with van der Waals surface area (Å²) >= 11 is 6.08. The minimum atomic E-state index is 0.388. The fraction of sp³-hybridized carbons (Fsp3) is 0.417. The Labute approximate surface area is 105 Å². The Morgan fingerprint density at radius 1 is 1.47 bits per heavy atom. The molecule has 0 aliphatic carbocycles. The highest BCUT2D eigenvalue weighted by Crippen LogP contribution is 2.34. The van der Waals surface area contributed by atoms with E-state index in [1.807, 2.05) is 12.3 Å². The number of hydrogen-bond donors (Lipinski definition) is 0. The number of fused-ring (bicyclic) bond motifs is 1. The number of hydrogen-bond acceptors (Lipinski definition) is 4. The van der Waals surface area contributed by atoms with Crippen LogP contribution < -0.4 is 0 Å². The molecule has 0 saturated carbocycles. The van der Waals surface area contributed by atoms with Gasteiger partial charge in [-0.2, -0.15) is 10.2 Å². The van der Waals surface area contributed by atoms with E-state index in [1.165, 1.54) is 6.42 Å². The van der Waals surface area contributed by atoms with Crippen molar-refractivity contribution in [2.24, 2.45) is 0 Å². The molecule has 0 amide bonds. The zero-order valence-electron chi connectivity index (χ0n) is 9.60. The minimum absolute atomic E-state index is 0.388. The maximum atomic E-state index is 6.08. The van der Waals surface area contributed by atoms with Crippen LogP contribution in [0.3, 0.4) is 0 Å². The van der Waals surface area contributed by atoms with Gasteiger partial charge in [-0.25, -0.2) is 4.98 Å². The Morgan fingerprint density at radius 3 is 3.12 bits per heavy atom. The van der Waals surface area contributed by atoms with Crippen LogP contribution in [0.5, 0.6) is 0 Å². The second-order valence-electron chi connectivity index (χ2n) is 4.44. The minimum Gasteiger partial charge on any atom is -0.299 e.